The number of ether oxygens (including phenoxy) is 4. The zero-order valence-electron chi connectivity index (χ0n) is 48.9. The number of fused-ring (bicyclic) bond motifs is 3. The molecular weight excluding hydrogens is 1580 g/mol. The third-order valence-electron chi connectivity index (χ3n) is 13.3. The van der Waals surface area contributed by atoms with Crippen LogP contribution in [0.15, 0.2) is 234 Å². The van der Waals surface area contributed by atoms with Gasteiger partial charge in [-0.15, -0.1) is 11.0 Å². The fourth-order valence-corrected chi connectivity index (χ4v) is 10.6. The molecule has 3 N–H and O–H groups in total. The van der Waals surface area contributed by atoms with Gasteiger partial charge in [0, 0.05) is 124 Å². The molecule has 0 atom stereocenters. The minimum Gasteiger partial charge on any atom is -0.497 e. The van der Waals surface area contributed by atoms with E-state index in [0.29, 0.717) is 5.46 Å². The van der Waals surface area contributed by atoms with Gasteiger partial charge >= 0.3 is 7.12 Å². The van der Waals surface area contributed by atoms with Gasteiger partial charge in [0.1, 0.15) is 23.0 Å². The number of aryl methyl sites for hydroxylation is 2. The normalized spacial score (nSPS) is 9.23. The van der Waals surface area contributed by atoms with E-state index in [-0.39, 0.29) is 125 Å². The molecule has 0 bridgehead atoms. The second kappa shape index (κ2) is 50.3. The Bertz CT molecular complexity index is 3880. The number of aromatic nitrogens is 3. The van der Waals surface area contributed by atoms with Crippen LogP contribution in [0.5, 0.6) is 23.0 Å². The summed E-state index contributed by atoms with van der Waals surface area (Å²) in [6, 6.07) is 75.5. The minimum atomic E-state index is -1.38. The number of nitrogens with one attached hydrogen (secondary N) is 1. The van der Waals surface area contributed by atoms with E-state index < -0.39 is 7.12 Å². The summed E-state index contributed by atoms with van der Waals surface area (Å²) in [6.45, 7) is 5.64. The first-order valence-corrected chi connectivity index (χ1v) is 30.7. The number of benzene rings is 9. The van der Waals surface area contributed by atoms with Gasteiger partial charge < -0.3 is 43.1 Å². The summed E-state index contributed by atoms with van der Waals surface area (Å²) in [7, 11) is 5.35. The van der Waals surface area contributed by atoms with Crippen LogP contribution < -0.4 is 24.4 Å². The second-order valence-electron chi connectivity index (χ2n) is 19.1. The molecular formula is C78H98BBr4N3O6Y2-2. The van der Waals surface area contributed by atoms with Gasteiger partial charge in [-0.3, -0.25) is 0 Å². The zero-order valence-corrected chi connectivity index (χ0v) is 60.9. The first-order chi connectivity index (χ1) is 40.8. The monoisotopic (exact) mass is 1680 g/mol. The number of H-pyrrole nitrogens is 1. The molecule has 500 valence electrons. The van der Waals surface area contributed by atoms with E-state index in [1.54, 1.807) is 46.6 Å². The van der Waals surface area contributed by atoms with Gasteiger partial charge in [0.2, 0.25) is 0 Å². The molecule has 0 saturated heterocycles. The standard InChI is InChI=1S/C23H20NO.C16H14BrNO.C8H8Br2O.C8H9BrO.C8H7N.C7H8BO2.8CH4.2Y/c1-17-7-10-19(11-8-17)21-15-18(9-12-23(21)25-2)16-24-14-13-20-5-3-4-6-22(20)24;1-19-16-7-6-12(10-14(16)17)11-18-9-8-13-4-2-3-5-15(13)18;1-11-8-3-2-6(5-9)4-7(8)10;1-10-8-4-2-7(6-9)3-5-8;1-2-4-8-7(3-1)5-6-9-8;1-6-2-4-7(5-3-6)8(9)10;;;;;;;;;;/h3-7,9-15H,16H2,1-2H3;2-10H,11H2,1H3;2-4H,5H2,1H3;2-5H,6H2,1H3;1-6,9H;2,4-5,9-10H,1H3;8*1H4;;/q-1;;;;;-1;;;;;;;;;;. The van der Waals surface area contributed by atoms with Gasteiger partial charge in [-0.05, 0) is 155 Å². The van der Waals surface area contributed by atoms with Crippen molar-refractivity contribution < 1.29 is 94.4 Å². The van der Waals surface area contributed by atoms with Crippen molar-refractivity contribution in [2.45, 2.75) is 97.0 Å². The molecule has 16 heteroatoms. The Kier molecular flexibility index (Phi) is 51.0. The third-order valence-corrected chi connectivity index (χ3v) is 15.8. The molecule has 9 aromatic carbocycles. The van der Waals surface area contributed by atoms with Crippen LogP contribution in [0.3, 0.4) is 0 Å². The van der Waals surface area contributed by atoms with Crippen LogP contribution in [-0.2, 0) is 89.2 Å². The summed E-state index contributed by atoms with van der Waals surface area (Å²) in [4.78, 5) is 3.12. The summed E-state index contributed by atoms with van der Waals surface area (Å²) >= 11 is 13.7. The predicted molar refractivity (Wildman–Crippen MR) is 416 cm³/mol. The minimum absolute atomic E-state index is 0. The molecule has 9 nitrogen and oxygen atoms in total. The molecule has 0 aliphatic rings. The molecule has 0 fully saturated rings. The van der Waals surface area contributed by atoms with Crippen LogP contribution >= 0.6 is 63.7 Å². The molecule has 2 radical (unpaired) electrons. The maximum absolute atomic E-state index is 8.65. The summed E-state index contributed by atoms with van der Waals surface area (Å²) in [5.41, 5.74) is 13.5. The Morgan fingerprint density at radius 1 is 0.447 bits per heavy atom. The van der Waals surface area contributed by atoms with Gasteiger partial charge in [-0.2, -0.15) is 59.7 Å². The fourth-order valence-electron chi connectivity index (χ4n) is 8.69. The molecule has 0 amide bonds. The molecule has 0 aliphatic carbocycles. The van der Waals surface area contributed by atoms with Crippen molar-refractivity contribution in [1.29, 1.82) is 0 Å². The molecule has 3 aromatic heterocycles. The molecule has 0 saturated carbocycles. The molecule has 0 spiro atoms. The van der Waals surface area contributed by atoms with Crippen molar-refractivity contribution in [2.24, 2.45) is 0 Å². The van der Waals surface area contributed by atoms with Crippen LogP contribution in [0.2, 0.25) is 0 Å². The SMILES string of the molecule is C.C.C.C.C.C.C.C.COc1ccc(CBr)cc1.COc1ccc(CBr)cc1Br.COc1ccc(Cn2ccc3ccccc32)cc1-c1c[c-]c(C)cc1.COc1ccc(Cn2ccc3ccccc32)cc1Br.Cc1[c-]cc(B(O)O)cc1.[Y].[Y].c1ccc2[nH]ccc2c1. The molecule has 94 heavy (non-hydrogen) atoms. The first kappa shape index (κ1) is 95.3. The summed E-state index contributed by atoms with van der Waals surface area (Å²) < 4.78 is 27.4. The number of halogens is 4. The summed E-state index contributed by atoms with van der Waals surface area (Å²) in [5.74, 6) is 3.53. The Morgan fingerprint density at radius 2 is 0.883 bits per heavy atom. The average Bonchev–Trinajstić information content (AvgIpc) is 1.40. The predicted octanol–water partition coefficient (Wildman–Crippen LogP) is 22.6. The van der Waals surface area contributed by atoms with E-state index in [9.17, 15) is 0 Å². The van der Waals surface area contributed by atoms with Crippen LogP contribution in [0.1, 0.15) is 92.8 Å². The molecule has 3 heterocycles. The zero-order chi connectivity index (χ0) is 59.8. The molecule has 0 aliphatic heterocycles. The van der Waals surface area contributed by atoms with Gasteiger partial charge in [0.15, 0.2) is 0 Å². The van der Waals surface area contributed by atoms with Crippen molar-refractivity contribution in [3.8, 4) is 34.1 Å². The van der Waals surface area contributed by atoms with E-state index in [4.69, 9.17) is 29.0 Å². The topological polar surface area (TPSA) is 103 Å². The number of aromatic amines is 1. The Morgan fingerprint density at radius 3 is 1.32 bits per heavy atom. The number of alkyl halides is 2. The van der Waals surface area contributed by atoms with Crippen molar-refractivity contribution >= 4 is 109 Å². The number of hydrogen-bond acceptors (Lipinski definition) is 6. The number of hydrogen-bond donors (Lipinski definition) is 3. The third kappa shape index (κ3) is 28.9. The van der Waals surface area contributed by atoms with E-state index >= 15 is 0 Å². The van der Waals surface area contributed by atoms with Crippen LogP contribution in [0.25, 0.3) is 43.8 Å². The van der Waals surface area contributed by atoms with E-state index in [0.717, 1.165) is 77.9 Å². The smallest absolute Gasteiger partial charge is 0.412 e. The van der Waals surface area contributed by atoms with E-state index in [1.165, 1.54) is 55.0 Å². The number of rotatable bonds is 12. The Balaban J connectivity index is -0.000000528. The van der Waals surface area contributed by atoms with Crippen LogP contribution in [0.4, 0.5) is 0 Å². The maximum Gasteiger partial charge on any atom is 0.412 e. The van der Waals surface area contributed by atoms with E-state index in [1.807, 2.05) is 79.9 Å². The molecule has 12 rings (SSSR count). The molecule has 0 unspecified atom stereocenters. The molecule has 12 aromatic rings. The van der Waals surface area contributed by atoms with Gasteiger partial charge in [-0.25, -0.2) is 0 Å². The average molecular weight is 1680 g/mol. The van der Waals surface area contributed by atoms with Gasteiger partial charge in [0.25, 0.3) is 0 Å². The van der Waals surface area contributed by atoms with E-state index in [2.05, 4.69) is 231 Å². The van der Waals surface area contributed by atoms with Crippen molar-refractivity contribution in [3.63, 3.8) is 0 Å². The van der Waals surface area contributed by atoms with Gasteiger partial charge in [0.05, 0.1) is 37.4 Å². The largest absolute Gasteiger partial charge is 0.497 e. The number of para-hydroxylation sites is 3. The van der Waals surface area contributed by atoms with Gasteiger partial charge in [-0.1, -0.05) is 196 Å². The number of methoxy groups -OCH3 is 4. The van der Waals surface area contributed by atoms with Crippen LogP contribution in [0, 0.1) is 26.0 Å². The van der Waals surface area contributed by atoms with Crippen LogP contribution in [-0.4, -0.2) is 59.7 Å². The second-order valence-corrected chi connectivity index (χ2v) is 21.9. The summed E-state index contributed by atoms with van der Waals surface area (Å²) in [5, 5.41) is 22.9. The Labute approximate surface area is 649 Å². The fraction of sp³-hybridized carbons (Fsp3) is 0.231. The summed E-state index contributed by atoms with van der Waals surface area (Å²) in [6.07, 6.45) is 6.22. The number of nitrogens with zero attached hydrogens (tertiary/aromatic N) is 2. The van der Waals surface area contributed by atoms with Crippen molar-refractivity contribution in [1.82, 2.24) is 14.1 Å². The quantitative estimate of drug-likeness (QED) is 0.0640. The Hall–Kier alpha value is -5.09. The maximum atomic E-state index is 8.65. The first-order valence-electron chi connectivity index (χ1n) is 26.8. The van der Waals surface area contributed by atoms with Crippen molar-refractivity contribution in [2.75, 3.05) is 28.4 Å². The van der Waals surface area contributed by atoms with Crippen molar-refractivity contribution in [3.05, 3.63) is 279 Å².